The summed E-state index contributed by atoms with van der Waals surface area (Å²) in [5.41, 5.74) is 1.87. The molecule has 172 valence electrons. The van der Waals surface area contributed by atoms with Crippen LogP contribution in [0.5, 0.6) is 0 Å². The molecule has 0 N–H and O–H groups in total. The Morgan fingerprint density at radius 2 is 1.56 bits per heavy atom. The molecule has 3 rings (SSSR count). The number of esters is 1. The molecule has 0 bridgehead atoms. The quantitative estimate of drug-likeness (QED) is 0.618. The molecule has 0 atom stereocenters. The van der Waals surface area contributed by atoms with Gasteiger partial charge in [-0.15, -0.1) is 0 Å². The zero-order valence-electron chi connectivity index (χ0n) is 18.7. The lowest BCUT2D eigenvalue weighted by Crippen LogP contribution is -2.53. The molecule has 0 aliphatic carbocycles. The molecule has 9 heteroatoms. The summed E-state index contributed by atoms with van der Waals surface area (Å²) in [5.74, 6) is -0.481. The third kappa shape index (κ3) is 5.28. The van der Waals surface area contributed by atoms with Crippen molar-refractivity contribution in [2.24, 2.45) is 0 Å². The maximum absolute atomic E-state index is 13.5. The highest BCUT2D eigenvalue weighted by Gasteiger charge is 2.34. The Morgan fingerprint density at radius 1 is 0.969 bits per heavy atom. The van der Waals surface area contributed by atoms with Crippen LogP contribution in [0.25, 0.3) is 0 Å². The molecule has 0 spiro atoms. The van der Waals surface area contributed by atoms with Gasteiger partial charge in [-0.1, -0.05) is 36.8 Å². The van der Waals surface area contributed by atoms with Gasteiger partial charge in [0, 0.05) is 26.2 Å². The fourth-order valence-electron chi connectivity index (χ4n) is 3.54. The molecule has 1 aliphatic heterocycles. The third-order valence-corrected chi connectivity index (χ3v) is 7.35. The predicted molar refractivity (Wildman–Crippen MR) is 121 cm³/mol. The van der Waals surface area contributed by atoms with Gasteiger partial charge in [-0.05, 0) is 43.3 Å². The van der Waals surface area contributed by atoms with E-state index in [0.29, 0.717) is 37.3 Å². The monoisotopic (exact) mass is 459 g/mol. The van der Waals surface area contributed by atoms with Gasteiger partial charge in [-0.2, -0.15) is 0 Å². The molecule has 0 radical (unpaired) electrons. The molecule has 8 nitrogen and oxygen atoms in total. The van der Waals surface area contributed by atoms with E-state index in [9.17, 15) is 18.0 Å². The van der Waals surface area contributed by atoms with E-state index in [4.69, 9.17) is 4.74 Å². The number of nitrogens with zero attached hydrogens (tertiary/aromatic N) is 3. The average Bonchev–Trinajstić information content (AvgIpc) is 2.82. The summed E-state index contributed by atoms with van der Waals surface area (Å²) in [6.07, 6.45) is 0. The number of benzene rings is 2. The molecule has 32 heavy (non-hydrogen) atoms. The number of ether oxygens (including phenoxy) is 1. The summed E-state index contributed by atoms with van der Waals surface area (Å²) in [5, 5.41) is 0. The van der Waals surface area contributed by atoms with E-state index in [2.05, 4.69) is 11.8 Å². The van der Waals surface area contributed by atoms with Crippen LogP contribution < -0.4 is 0 Å². The summed E-state index contributed by atoms with van der Waals surface area (Å²) in [6.45, 7) is 7.02. The van der Waals surface area contributed by atoms with Crippen molar-refractivity contribution in [2.75, 3.05) is 39.8 Å². The molecule has 0 unspecified atom stereocenters. The minimum atomic E-state index is -4.08. The van der Waals surface area contributed by atoms with Gasteiger partial charge in [0.2, 0.25) is 0 Å². The van der Waals surface area contributed by atoms with Crippen molar-refractivity contribution in [1.82, 2.24) is 14.1 Å². The molecular formula is C23H29N3O5S. The highest BCUT2D eigenvalue weighted by Crippen LogP contribution is 2.22. The number of piperazine rings is 1. The molecular weight excluding hydrogens is 430 g/mol. The first-order valence-electron chi connectivity index (χ1n) is 10.5. The number of rotatable bonds is 6. The summed E-state index contributed by atoms with van der Waals surface area (Å²) in [6, 6.07) is 12.3. The third-order valence-electron chi connectivity index (χ3n) is 5.61. The van der Waals surface area contributed by atoms with Crippen molar-refractivity contribution in [2.45, 2.75) is 25.3 Å². The maximum atomic E-state index is 13.5. The minimum absolute atomic E-state index is 0.0647. The SMILES string of the molecule is CCN1CCN(C(=O)N(Cc2ccc(C(=O)OC)cc2)S(=O)(=O)c2ccc(C)cc2)CC1. The van der Waals surface area contributed by atoms with Gasteiger partial charge in [-0.3, -0.25) is 0 Å². The van der Waals surface area contributed by atoms with Crippen LogP contribution in [0.3, 0.4) is 0 Å². The Balaban J connectivity index is 1.91. The molecule has 1 heterocycles. The molecule has 2 amide bonds. The van der Waals surface area contributed by atoms with Crippen LogP contribution >= 0.6 is 0 Å². The normalized spacial score (nSPS) is 14.8. The molecule has 1 saturated heterocycles. The van der Waals surface area contributed by atoms with Crippen molar-refractivity contribution in [3.05, 3.63) is 65.2 Å². The zero-order valence-corrected chi connectivity index (χ0v) is 19.5. The van der Waals surface area contributed by atoms with Crippen LogP contribution in [0.4, 0.5) is 4.79 Å². The first-order chi connectivity index (χ1) is 15.3. The van der Waals surface area contributed by atoms with Crippen LogP contribution in [-0.4, -0.2) is 74.4 Å². The van der Waals surface area contributed by atoms with Crippen molar-refractivity contribution in [3.63, 3.8) is 0 Å². The summed E-state index contributed by atoms with van der Waals surface area (Å²) < 4.78 is 32.6. The summed E-state index contributed by atoms with van der Waals surface area (Å²) >= 11 is 0. The molecule has 1 aliphatic rings. The lowest BCUT2D eigenvalue weighted by Gasteiger charge is -2.36. The van der Waals surface area contributed by atoms with E-state index in [0.717, 1.165) is 16.4 Å². The number of amides is 2. The Morgan fingerprint density at radius 3 is 2.09 bits per heavy atom. The fraction of sp³-hybridized carbons (Fsp3) is 0.391. The number of carbonyl (C=O) groups excluding carboxylic acids is 2. The number of sulfonamides is 1. The first-order valence-corrected chi connectivity index (χ1v) is 12.0. The number of carbonyl (C=O) groups is 2. The molecule has 1 fully saturated rings. The van der Waals surface area contributed by atoms with Crippen LogP contribution in [0.1, 0.15) is 28.4 Å². The summed E-state index contributed by atoms with van der Waals surface area (Å²) in [4.78, 5) is 28.9. The van der Waals surface area contributed by atoms with Gasteiger partial charge in [0.25, 0.3) is 10.0 Å². The first kappa shape index (κ1) is 23.7. The number of aryl methyl sites for hydroxylation is 1. The maximum Gasteiger partial charge on any atom is 0.337 e. The van der Waals surface area contributed by atoms with E-state index >= 15 is 0 Å². The van der Waals surface area contributed by atoms with E-state index < -0.39 is 22.0 Å². The Hall–Kier alpha value is -2.91. The van der Waals surface area contributed by atoms with Crippen LogP contribution in [-0.2, 0) is 21.3 Å². The van der Waals surface area contributed by atoms with Crippen LogP contribution in [0.2, 0.25) is 0 Å². The van der Waals surface area contributed by atoms with Gasteiger partial charge in [0.1, 0.15) is 0 Å². The molecule has 2 aromatic carbocycles. The van der Waals surface area contributed by atoms with Gasteiger partial charge in [0.05, 0.1) is 24.1 Å². The smallest absolute Gasteiger partial charge is 0.337 e. The number of likely N-dealkylation sites (N-methyl/N-ethyl adjacent to an activating group) is 1. The Bertz CT molecular complexity index is 1040. The second kappa shape index (κ2) is 10.1. The fourth-order valence-corrected chi connectivity index (χ4v) is 4.91. The molecule has 2 aromatic rings. The number of hydrogen-bond acceptors (Lipinski definition) is 6. The van der Waals surface area contributed by atoms with Gasteiger partial charge in [-0.25, -0.2) is 22.3 Å². The second-order valence-corrected chi connectivity index (χ2v) is 9.58. The predicted octanol–water partition coefficient (Wildman–Crippen LogP) is 2.73. The van der Waals surface area contributed by atoms with Crippen molar-refractivity contribution in [1.29, 1.82) is 0 Å². The van der Waals surface area contributed by atoms with Gasteiger partial charge in [0.15, 0.2) is 0 Å². The minimum Gasteiger partial charge on any atom is -0.465 e. The number of methoxy groups -OCH3 is 1. The van der Waals surface area contributed by atoms with Crippen molar-refractivity contribution < 1.29 is 22.7 Å². The van der Waals surface area contributed by atoms with Crippen molar-refractivity contribution >= 4 is 22.0 Å². The molecule has 0 saturated carbocycles. The van der Waals surface area contributed by atoms with E-state index in [-0.39, 0.29) is 11.4 Å². The van der Waals surface area contributed by atoms with Gasteiger partial charge >= 0.3 is 12.0 Å². The average molecular weight is 460 g/mol. The zero-order chi connectivity index (χ0) is 23.3. The lowest BCUT2D eigenvalue weighted by atomic mass is 10.1. The number of urea groups is 1. The topological polar surface area (TPSA) is 87.2 Å². The Labute approximate surface area is 189 Å². The largest absolute Gasteiger partial charge is 0.465 e. The van der Waals surface area contributed by atoms with Crippen molar-refractivity contribution in [3.8, 4) is 0 Å². The molecule has 0 aromatic heterocycles. The standard InChI is InChI=1S/C23H29N3O5S/c1-4-24-13-15-25(16-14-24)23(28)26(32(29,30)21-11-5-18(2)6-12-21)17-19-7-9-20(10-8-19)22(27)31-3/h5-12H,4,13-17H2,1-3H3. The summed E-state index contributed by atoms with van der Waals surface area (Å²) in [7, 11) is -2.78. The highest BCUT2D eigenvalue weighted by molar-refractivity contribution is 7.89. The second-order valence-electron chi connectivity index (χ2n) is 7.72. The number of hydrogen-bond donors (Lipinski definition) is 0. The van der Waals surface area contributed by atoms with Gasteiger partial charge < -0.3 is 14.5 Å². The van der Waals surface area contributed by atoms with Crippen LogP contribution in [0.15, 0.2) is 53.4 Å². The van der Waals surface area contributed by atoms with E-state index in [1.54, 1.807) is 41.3 Å². The lowest BCUT2D eigenvalue weighted by molar-refractivity contribution is 0.0600. The highest BCUT2D eigenvalue weighted by atomic mass is 32.2. The Kier molecular flexibility index (Phi) is 7.52. The van der Waals surface area contributed by atoms with E-state index in [1.807, 2.05) is 6.92 Å². The van der Waals surface area contributed by atoms with E-state index in [1.165, 1.54) is 19.2 Å². The van der Waals surface area contributed by atoms with Crippen LogP contribution in [0, 0.1) is 6.92 Å².